The van der Waals surface area contributed by atoms with Gasteiger partial charge in [-0.25, -0.2) is 4.79 Å². The summed E-state index contributed by atoms with van der Waals surface area (Å²) in [5.41, 5.74) is 1.40. The second-order valence-corrected chi connectivity index (χ2v) is 8.06. The molecule has 0 aliphatic carbocycles. The number of nitrogens with zero attached hydrogens (tertiary/aromatic N) is 3. The van der Waals surface area contributed by atoms with Gasteiger partial charge in [0.25, 0.3) is 5.91 Å². The molecular formula is C22H21N5O6S. The number of fused-ring (bicyclic) bond motifs is 1. The van der Waals surface area contributed by atoms with Crippen molar-refractivity contribution in [1.29, 1.82) is 0 Å². The number of aromatic nitrogens is 3. The third kappa shape index (κ3) is 5.29. The highest BCUT2D eigenvalue weighted by atomic mass is 32.2. The number of amides is 2. The van der Waals surface area contributed by atoms with Gasteiger partial charge in [-0.2, -0.15) is 0 Å². The van der Waals surface area contributed by atoms with Crippen LogP contribution < -0.4 is 20.1 Å². The van der Waals surface area contributed by atoms with Crippen molar-refractivity contribution in [3.63, 3.8) is 0 Å². The Morgan fingerprint density at radius 1 is 1.06 bits per heavy atom. The van der Waals surface area contributed by atoms with Crippen LogP contribution in [0, 0.1) is 0 Å². The lowest BCUT2D eigenvalue weighted by Crippen LogP contribution is -2.24. The maximum absolute atomic E-state index is 12.5. The van der Waals surface area contributed by atoms with Crippen LogP contribution in [0.3, 0.4) is 0 Å². The summed E-state index contributed by atoms with van der Waals surface area (Å²) in [5.74, 6) is 0.809. The smallest absolute Gasteiger partial charge is 0.337 e. The molecule has 0 saturated heterocycles. The number of hydrogen-bond acceptors (Lipinski definition) is 9. The number of methoxy groups -OCH3 is 1. The van der Waals surface area contributed by atoms with E-state index in [2.05, 4.69) is 25.6 Å². The van der Waals surface area contributed by atoms with Gasteiger partial charge in [-0.05, 0) is 42.5 Å². The number of esters is 1. The number of carbonyl (C=O) groups excluding carboxylic acids is 3. The number of anilines is 1. The van der Waals surface area contributed by atoms with E-state index in [4.69, 9.17) is 9.47 Å². The van der Waals surface area contributed by atoms with E-state index in [1.165, 1.54) is 18.9 Å². The lowest BCUT2D eigenvalue weighted by atomic mass is 10.2. The van der Waals surface area contributed by atoms with Crippen LogP contribution in [0.15, 0.2) is 47.6 Å². The average molecular weight is 484 g/mol. The highest BCUT2D eigenvalue weighted by Gasteiger charge is 2.17. The molecule has 0 atom stereocenters. The molecule has 3 aromatic rings. The molecular weight excluding hydrogens is 462 g/mol. The highest BCUT2D eigenvalue weighted by molar-refractivity contribution is 7.99. The molecule has 4 rings (SSSR count). The van der Waals surface area contributed by atoms with Gasteiger partial charge in [0.15, 0.2) is 22.5 Å². The minimum absolute atomic E-state index is 0.105. The van der Waals surface area contributed by atoms with E-state index in [9.17, 15) is 14.4 Å². The van der Waals surface area contributed by atoms with Crippen LogP contribution in [0.25, 0.3) is 0 Å². The molecule has 1 aromatic heterocycles. The topological polar surface area (TPSA) is 134 Å². The molecule has 11 nitrogen and oxygen atoms in total. The molecule has 0 bridgehead atoms. The summed E-state index contributed by atoms with van der Waals surface area (Å²) in [6.45, 7) is 0.301. The predicted octanol–water partition coefficient (Wildman–Crippen LogP) is 1.99. The summed E-state index contributed by atoms with van der Waals surface area (Å²) in [4.78, 5) is 36.2. The molecule has 0 unspecified atom stereocenters. The zero-order chi connectivity index (χ0) is 24.1. The second kappa shape index (κ2) is 10.3. The summed E-state index contributed by atoms with van der Waals surface area (Å²) >= 11 is 1.21. The molecule has 2 aromatic carbocycles. The van der Waals surface area contributed by atoms with Crippen molar-refractivity contribution in [3.8, 4) is 11.5 Å². The molecule has 2 N–H and O–H groups in total. The number of hydrogen-bond donors (Lipinski definition) is 2. The van der Waals surface area contributed by atoms with Crippen molar-refractivity contribution in [1.82, 2.24) is 20.1 Å². The molecule has 1 aliphatic rings. The van der Waals surface area contributed by atoms with Gasteiger partial charge in [-0.1, -0.05) is 11.8 Å². The maximum atomic E-state index is 12.5. The number of benzene rings is 2. The molecule has 34 heavy (non-hydrogen) atoms. The minimum atomic E-state index is -0.446. The lowest BCUT2D eigenvalue weighted by molar-refractivity contribution is -0.113. The lowest BCUT2D eigenvalue weighted by Gasteiger charge is -2.07. The van der Waals surface area contributed by atoms with Gasteiger partial charge < -0.3 is 29.4 Å². The Morgan fingerprint density at radius 3 is 2.56 bits per heavy atom. The monoisotopic (exact) mass is 483 g/mol. The molecule has 2 amide bonds. The average Bonchev–Trinajstić information content (AvgIpc) is 3.47. The van der Waals surface area contributed by atoms with Crippen molar-refractivity contribution < 1.29 is 28.6 Å². The van der Waals surface area contributed by atoms with Gasteiger partial charge in [0, 0.05) is 18.3 Å². The van der Waals surface area contributed by atoms with Crippen LogP contribution in [0.2, 0.25) is 0 Å². The van der Waals surface area contributed by atoms with Crippen molar-refractivity contribution in [3.05, 3.63) is 59.4 Å². The molecule has 176 valence electrons. The Labute approximate surface area is 198 Å². The van der Waals surface area contributed by atoms with Gasteiger partial charge in [-0.15, -0.1) is 10.2 Å². The Hall–Kier alpha value is -4.06. The first-order valence-corrected chi connectivity index (χ1v) is 11.1. The number of carbonyl (C=O) groups is 3. The first kappa shape index (κ1) is 23.1. The van der Waals surface area contributed by atoms with Gasteiger partial charge in [0.2, 0.25) is 12.7 Å². The van der Waals surface area contributed by atoms with E-state index in [0.717, 1.165) is 0 Å². The van der Waals surface area contributed by atoms with E-state index < -0.39 is 5.97 Å². The molecule has 0 radical (unpaired) electrons. The maximum Gasteiger partial charge on any atom is 0.337 e. The van der Waals surface area contributed by atoms with Crippen molar-refractivity contribution in [2.45, 2.75) is 11.7 Å². The van der Waals surface area contributed by atoms with Gasteiger partial charge >= 0.3 is 5.97 Å². The third-order valence-electron chi connectivity index (χ3n) is 4.89. The zero-order valence-corrected chi connectivity index (χ0v) is 19.2. The first-order chi connectivity index (χ1) is 16.4. The predicted molar refractivity (Wildman–Crippen MR) is 122 cm³/mol. The fraction of sp³-hybridized carbons (Fsp3) is 0.227. The first-order valence-electron chi connectivity index (χ1n) is 10.1. The Bertz CT molecular complexity index is 1230. The van der Waals surface area contributed by atoms with Crippen LogP contribution in [0.5, 0.6) is 11.5 Å². The van der Waals surface area contributed by atoms with E-state index >= 15 is 0 Å². The van der Waals surface area contributed by atoms with Crippen LogP contribution in [-0.4, -0.2) is 52.2 Å². The highest BCUT2D eigenvalue weighted by Crippen LogP contribution is 2.32. The zero-order valence-electron chi connectivity index (χ0n) is 18.4. The summed E-state index contributed by atoms with van der Waals surface area (Å²) in [6.07, 6.45) is 0. The normalized spacial score (nSPS) is 11.7. The van der Waals surface area contributed by atoms with Crippen LogP contribution in [0.4, 0.5) is 5.69 Å². The fourth-order valence-electron chi connectivity index (χ4n) is 3.06. The van der Waals surface area contributed by atoms with E-state index in [1.54, 1.807) is 54.1 Å². The molecule has 1 aliphatic heterocycles. The van der Waals surface area contributed by atoms with Crippen molar-refractivity contribution in [2.75, 3.05) is 25.0 Å². The molecule has 12 heteroatoms. The summed E-state index contributed by atoms with van der Waals surface area (Å²) < 4.78 is 16.9. The van der Waals surface area contributed by atoms with Crippen LogP contribution in [-0.2, 0) is 23.1 Å². The number of ether oxygens (including phenoxy) is 3. The van der Waals surface area contributed by atoms with E-state index in [0.29, 0.717) is 39.3 Å². The van der Waals surface area contributed by atoms with Gasteiger partial charge in [-0.3, -0.25) is 9.59 Å². The SMILES string of the molecule is COC(=O)c1ccc(NC(=O)CSc2nnc(CNC(=O)c3ccc4c(c3)OCO4)n2C)cc1. The van der Waals surface area contributed by atoms with Crippen molar-refractivity contribution >= 4 is 35.2 Å². The van der Waals surface area contributed by atoms with E-state index in [-0.39, 0.29) is 30.9 Å². The fourth-order valence-corrected chi connectivity index (χ4v) is 3.79. The summed E-state index contributed by atoms with van der Waals surface area (Å²) in [5, 5.41) is 14.3. The quantitative estimate of drug-likeness (QED) is 0.364. The molecule has 0 saturated carbocycles. The molecule has 0 spiro atoms. The molecule has 2 heterocycles. The summed E-state index contributed by atoms with van der Waals surface area (Å²) in [6, 6.07) is 11.4. The number of thioether (sulfide) groups is 1. The van der Waals surface area contributed by atoms with E-state index in [1.807, 2.05) is 0 Å². The second-order valence-electron chi connectivity index (χ2n) is 7.11. The Balaban J connectivity index is 1.27. The van der Waals surface area contributed by atoms with Gasteiger partial charge in [0.05, 0.1) is 25.0 Å². The largest absolute Gasteiger partial charge is 0.465 e. The van der Waals surface area contributed by atoms with Crippen molar-refractivity contribution in [2.24, 2.45) is 7.05 Å². The minimum Gasteiger partial charge on any atom is -0.465 e. The summed E-state index contributed by atoms with van der Waals surface area (Å²) in [7, 11) is 3.06. The van der Waals surface area contributed by atoms with Gasteiger partial charge in [0.1, 0.15) is 0 Å². The Morgan fingerprint density at radius 2 is 1.79 bits per heavy atom. The number of nitrogens with one attached hydrogen (secondary N) is 2. The van der Waals surface area contributed by atoms with Crippen LogP contribution in [0.1, 0.15) is 26.5 Å². The Kier molecular flexibility index (Phi) is 6.97. The van der Waals surface area contributed by atoms with Crippen LogP contribution >= 0.6 is 11.8 Å². The number of rotatable bonds is 8. The standard InChI is InChI=1S/C22H21N5O6S/c1-27-18(10-23-20(29)14-5-8-16-17(9-14)33-12-32-16)25-26-22(27)34-11-19(28)24-15-6-3-13(4-7-15)21(30)31-2/h3-9H,10-12H2,1-2H3,(H,23,29)(H,24,28). The molecule has 0 fully saturated rings. The third-order valence-corrected chi connectivity index (χ3v) is 5.91.